The average Bonchev–Trinajstić information content (AvgIpc) is 3.08. The van der Waals surface area contributed by atoms with Crippen LogP contribution in [0.15, 0.2) is 11.6 Å². The molecule has 2 nitrogen and oxygen atoms in total. The van der Waals surface area contributed by atoms with E-state index in [0.717, 1.165) is 12.8 Å². The standard InChI is InChI=1S/C17H30O2/c1-3-14(2)12-13-17(18-15-8-4-5-9-15)19-16-10-6-7-11-16/h3,15-17H,4-13H2,1-2H3. The third-order valence-electron chi connectivity index (χ3n) is 4.56. The molecule has 2 aliphatic rings. The van der Waals surface area contributed by atoms with Crippen LogP contribution in [0, 0.1) is 0 Å². The van der Waals surface area contributed by atoms with Crippen molar-refractivity contribution in [2.24, 2.45) is 0 Å². The maximum Gasteiger partial charge on any atom is 0.158 e. The smallest absolute Gasteiger partial charge is 0.158 e. The van der Waals surface area contributed by atoms with E-state index >= 15 is 0 Å². The first-order chi connectivity index (χ1) is 9.28. The van der Waals surface area contributed by atoms with Gasteiger partial charge in [-0.15, -0.1) is 0 Å². The summed E-state index contributed by atoms with van der Waals surface area (Å²) in [6.45, 7) is 4.31. The van der Waals surface area contributed by atoms with Crippen molar-refractivity contribution in [1.82, 2.24) is 0 Å². The molecule has 0 unspecified atom stereocenters. The van der Waals surface area contributed by atoms with Gasteiger partial charge in [-0.25, -0.2) is 0 Å². The summed E-state index contributed by atoms with van der Waals surface area (Å²) in [5.41, 5.74) is 1.44. The van der Waals surface area contributed by atoms with Gasteiger partial charge in [0.2, 0.25) is 0 Å². The van der Waals surface area contributed by atoms with Gasteiger partial charge in [-0.3, -0.25) is 0 Å². The molecule has 0 aliphatic heterocycles. The number of hydrogen-bond acceptors (Lipinski definition) is 2. The quantitative estimate of drug-likeness (QED) is 0.478. The summed E-state index contributed by atoms with van der Waals surface area (Å²) < 4.78 is 12.4. The van der Waals surface area contributed by atoms with Gasteiger partial charge >= 0.3 is 0 Å². The molecule has 2 fully saturated rings. The first-order valence-corrected chi connectivity index (χ1v) is 8.20. The van der Waals surface area contributed by atoms with Crippen molar-refractivity contribution < 1.29 is 9.47 Å². The van der Waals surface area contributed by atoms with E-state index in [0.29, 0.717) is 12.2 Å². The first kappa shape index (κ1) is 15.1. The molecule has 0 radical (unpaired) electrons. The van der Waals surface area contributed by atoms with Crippen LogP contribution in [0.3, 0.4) is 0 Å². The molecule has 0 aromatic heterocycles. The zero-order valence-corrected chi connectivity index (χ0v) is 12.7. The van der Waals surface area contributed by atoms with Gasteiger partial charge in [-0.05, 0) is 46.0 Å². The normalized spacial score (nSPS) is 22.8. The van der Waals surface area contributed by atoms with Crippen molar-refractivity contribution in [2.45, 2.75) is 96.6 Å². The number of rotatable bonds is 7. The van der Waals surface area contributed by atoms with Crippen LogP contribution in [0.5, 0.6) is 0 Å². The van der Waals surface area contributed by atoms with E-state index < -0.39 is 0 Å². The second-order valence-corrected chi connectivity index (χ2v) is 6.19. The van der Waals surface area contributed by atoms with E-state index in [1.165, 1.54) is 56.9 Å². The van der Waals surface area contributed by atoms with E-state index in [2.05, 4.69) is 19.9 Å². The van der Waals surface area contributed by atoms with Crippen molar-refractivity contribution >= 4 is 0 Å². The fourth-order valence-electron chi connectivity index (χ4n) is 3.14. The van der Waals surface area contributed by atoms with Gasteiger partial charge in [-0.2, -0.15) is 0 Å². The minimum absolute atomic E-state index is 0.0288. The highest BCUT2D eigenvalue weighted by molar-refractivity contribution is 4.95. The Kier molecular flexibility index (Phi) is 6.39. The van der Waals surface area contributed by atoms with Crippen molar-refractivity contribution in [2.75, 3.05) is 0 Å². The van der Waals surface area contributed by atoms with Crippen molar-refractivity contribution in [3.63, 3.8) is 0 Å². The van der Waals surface area contributed by atoms with Crippen LogP contribution >= 0.6 is 0 Å². The van der Waals surface area contributed by atoms with Crippen molar-refractivity contribution in [3.8, 4) is 0 Å². The SMILES string of the molecule is CC=C(C)CCC(OC1CCCC1)OC1CCCC1. The minimum atomic E-state index is 0.0288. The maximum atomic E-state index is 6.22. The fourth-order valence-corrected chi connectivity index (χ4v) is 3.14. The molecule has 2 aliphatic carbocycles. The Bertz CT molecular complexity index is 255. The molecule has 0 saturated heterocycles. The lowest BCUT2D eigenvalue weighted by molar-refractivity contribution is -0.194. The summed E-state index contributed by atoms with van der Waals surface area (Å²) >= 11 is 0. The molecule has 110 valence electrons. The summed E-state index contributed by atoms with van der Waals surface area (Å²) in [6, 6.07) is 0. The molecule has 0 amide bonds. The average molecular weight is 266 g/mol. The van der Waals surface area contributed by atoms with Gasteiger partial charge in [0, 0.05) is 6.42 Å². The highest BCUT2D eigenvalue weighted by atomic mass is 16.7. The second kappa shape index (κ2) is 8.06. The summed E-state index contributed by atoms with van der Waals surface area (Å²) in [5, 5.41) is 0. The summed E-state index contributed by atoms with van der Waals surface area (Å²) in [7, 11) is 0. The highest BCUT2D eigenvalue weighted by Crippen LogP contribution is 2.28. The summed E-state index contributed by atoms with van der Waals surface area (Å²) in [4.78, 5) is 0. The lowest BCUT2D eigenvalue weighted by Crippen LogP contribution is -2.27. The number of hydrogen-bond donors (Lipinski definition) is 0. The lowest BCUT2D eigenvalue weighted by atomic mass is 10.1. The molecule has 0 bridgehead atoms. The Hall–Kier alpha value is -0.340. The van der Waals surface area contributed by atoms with Crippen LogP contribution in [0.2, 0.25) is 0 Å². The van der Waals surface area contributed by atoms with Gasteiger partial charge in [0.05, 0.1) is 12.2 Å². The third-order valence-corrected chi connectivity index (χ3v) is 4.56. The largest absolute Gasteiger partial charge is 0.349 e. The lowest BCUT2D eigenvalue weighted by Gasteiger charge is -2.25. The van der Waals surface area contributed by atoms with Crippen LogP contribution in [-0.2, 0) is 9.47 Å². The third kappa shape index (κ3) is 5.27. The molecule has 2 rings (SSSR count). The van der Waals surface area contributed by atoms with E-state index in [4.69, 9.17) is 9.47 Å². The monoisotopic (exact) mass is 266 g/mol. The van der Waals surface area contributed by atoms with Crippen molar-refractivity contribution in [1.29, 1.82) is 0 Å². The van der Waals surface area contributed by atoms with Crippen LogP contribution in [-0.4, -0.2) is 18.5 Å². The van der Waals surface area contributed by atoms with E-state index in [9.17, 15) is 0 Å². The molecule has 2 heteroatoms. The van der Waals surface area contributed by atoms with Gasteiger partial charge in [0.15, 0.2) is 6.29 Å². The Labute approximate surface area is 118 Å². The van der Waals surface area contributed by atoms with Gasteiger partial charge in [0.25, 0.3) is 0 Å². The molecule has 0 aromatic carbocycles. The van der Waals surface area contributed by atoms with Gasteiger partial charge < -0.3 is 9.47 Å². The van der Waals surface area contributed by atoms with Crippen LogP contribution in [0.25, 0.3) is 0 Å². The molecule has 0 N–H and O–H groups in total. The van der Waals surface area contributed by atoms with Gasteiger partial charge in [-0.1, -0.05) is 37.3 Å². The molecule has 0 atom stereocenters. The molecule has 0 heterocycles. The zero-order valence-electron chi connectivity index (χ0n) is 12.7. The van der Waals surface area contributed by atoms with Gasteiger partial charge in [0.1, 0.15) is 0 Å². The number of allylic oxidation sites excluding steroid dienone is 2. The first-order valence-electron chi connectivity index (χ1n) is 8.20. The number of ether oxygens (including phenoxy) is 2. The van der Waals surface area contributed by atoms with Crippen LogP contribution in [0.1, 0.15) is 78.1 Å². The predicted octanol–water partition coefficient (Wildman–Crippen LogP) is 4.98. The van der Waals surface area contributed by atoms with E-state index in [1.807, 2.05) is 0 Å². The van der Waals surface area contributed by atoms with E-state index in [1.54, 1.807) is 0 Å². The topological polar surface area (TPSA) is 18.5 Å². The van der Waals surface area contributed by atoms with Crippen LogP contribution < -0.4 is 0 Å². The van der Waals surface area contributed by atoms with Crippen LogP contribution in [0.4, 0.5) is 0 Å². The predicted molar refractivity (Wildman–Crippen MR) is 79.1 cm³/mol. The summed E-state index contributed by atoms with van der Waals surface area (Å²) in [6.07, 6.45) is 15.5. The Morgan fingerprint density at radius 3 is 1.89 bits per heavy atom. The molecule has 0 aromatic rings. The Morgan fingerprint density at radius 1 is 1.00 bits per heavy atom. The molecular formula is C17H30O2. The summed E-state index contributed by atoms with van der Waals surface area (Å²) in [5.74, 6) is 0. The zero-order chi connectivity index (χ0) is 13.5. The maximum absolute atomic E-state index is 6.22. The Balaban J connectivity index is 1.79. The molecule has 2 saturated carbocycles. The Morgan fingerprint density at radius 2 is 1.47 bits per heavy atom. The fraction of sp³-hybridized carbons (Fsp3) is 0.882. The highest BCUT2D eigenvalue weighted by Gasteiger charge is 2.25. The molecule has 0 spiro atoms. The second-order valence-electron chi connectivity index (χ2n) is 6.19. The van der Waals surface area contributed by atoms with Crippen molar-refractivity contribution in [3.05, 3.63) is 11.6 Å². The minimum Gasteiger partial charge on any atom is -0.349 e. The van der Waals surface area contributed by atoms with E-state index in [-0.39, 0.29) is 6.29 Å². The molecule has 19 heavy (non-hydrogen) atoms. The molecular weight excluding hydrogens is 236 g/mol.